The number of carboxylic acid groups (broad SMARTS) is 1. The maximum atomic E-state index is 12.3. The third kappa shape index (κ3) is 3.77. The molecule has 2 atom stereocenters. The number of piperidine rings is 1. The Labute approximate surface area is 142 Å². The maximum absolute atomic E-state index is 12.3. The molecule has 1 saturated heterocycles. The fourth-order valence-corrected chi connectivity index (χ4v) is 3.84. The maximum Gasteiger partial charge on any atom is 0.320 e. The molecular formula is C17H26N4O3. The minimum absolute atomic E-state index is 0.0129. The first kappa shape index (κ1) is 17.0. The van der Waals surface area contributed by atoms with E-state index in [0.717, 1.165) is 5.69 Å². The number of carbonyl (C=O) groups is 2. The van der Waals surface area contributed by atoms with Gasteiger partial charge in [-0.2, -0.15) is 5.10 Å². The smallest absolute Gasteiger partial charge is 0.320 e. The van der Waals surface area contributed by atoms with Crippen LogP contribution in [0.4, 0.5) is 0 Å². The Morgan fingerprint density at radius 1 is 1.29 bits per heavy atom. The van der Waals surface area contributed by atoms with Crippen molar-refractivity contribution in [3.8, 4) is 0 Å². The van der Waals surface area contributed by atoms with Gasteiger partial charge in [-0.1, -0.05) is 12.8 Å². The molecule has 3 rings (SSSR count). The highest BCUT2D eigenvalue weighted by molar-refractivity contribution is 5.80. The average Bonchev–Trinajstić information content (AvgIpc) is 3.23. The van der Waals surface area contributed by atoms with E-state index < -0.39 is 12.0 Å². The van der Waals surface area contributed by atoms with Crippen molar-refractivity contribution in [1.82, 2.24) is 20.0 Å². The highest BCUT2D eigenvalue weighted by atomic mass is 16.4. The van der Waals surface area contributed by atoms with Gasteiger partial charge in [-0.3, -0.25) is 19.2 Å². The van der Waals surface area contributed by atoms with Crippen LogP contribution in [0.3, 0.4) is 0 Å². The van der Waals surface area contributed by atoms with Gasteiger partial charge in [0.25, 0.3) is 0 Å². The Morgan fingerprint density at radius 2 is 2.04 bits per heavy atom. The summed E-state index contributed by atoms with van der Waals surface area (Å²) in [6.45, 7) is 0.917. The number of hydrogen-bond donors (Lipinski definition) is 2. The minimum Gasteiger partial charge on any atom is -0.480 e. The topological polar surface area (TPSA) is 87.5 Å². The van der Waals surface area contributed by atoms with Crippen LogP contribution in [-0.2, 0) is 16.1 Å². The zero-order valence-electron chi connectivity index (χ0n) is 14.1. The molecule has 1 aromatic rings. The number of likely N-dealkylation sites (tertiary alicyclic amines) is 1. The molecule has 1 saturated carbocycles. The normalized spacial score (nSPS) is 25.7. The molecule has 24 heavy (non-hydrogen) atoms. The van der Waals surface area contributed by atoms with E-state index in [1.54, 1.807) is 11.9 Å². The fourth-order valence-electron chi connectivity index (χ4n) is 3.84. The predicted octanol–water partition coefficient (Wildman–Crippen LogP) is 1.41. The van der Waals surface area contributed by atoms with Crippen LogP contribution >= 0.6 is 0 Å². The molecule has 0 aromatic carbocycles. The second kappa shape index (κ2) is 7.34. The standard InChI is InChI=1S/C17H26N4O3/c1-20-11-12(6-7-15(20)17(23)24)16(22)18-10-13-8-9-21(19-13)14-4-2-3-5-14/h8-9,12,14-15H,2-7,10-11H2,1H3,(H,18,22)(H,23,24). The van der Waals surface area contributed by atoms with Crippen LogP contribution in [0.15, 0.2) is 12.3 Å². The van der Waals surface area contributed by atoms with Gasteiger partial charge in [-0.25, -0.2) is 0 Å². The van der Waals surface area contributed by atoms with Crippen molar-refractivity contribution in [3.05, 3.63) is 18.0 Å². The molecule has 2 fully saturated rings. The largest absolute Gasteiger partial charge is 0.480 e. The molecule has 2 heterocycles. The number of rotatable bonds is 5. The Balaban J connectivity index is 1.48. The Hall–Kier alpha value is -1.89. The summed E-state index contributed by atoms with van der Waals surface area (Å²) in [6, 6.07) is 2.00. The SMILES string of the molecule is CN1CC(C(=O)NCc2ccn(C3CCCC3)n2)CCC1C(=O)O. The Bertz CT molecular complexity index is 594. The molecule has 2 aliphatic rings. The first-order chi connectivity index (χ1) is 11.5. The molecule has 1 aliphatic heterocycles. The van der Waals surface area contributed by atoms with Gasteiger partial charge in [-0.15, -0.1) is 0 Å². The van der Waals surface area contributed by atoms with Gasteiger partial charge in [0.05, 0.1) is 24.2 Å². The van der Waals surface area contributed by atoms with Gasteiger partial charge in [0.1, 0.15) is 6.04 Å². The quantitative estimate of drug-likeness (QED) is 0.850. The summed E-state index contributed by atoms with van der Waals surface area (Å²) in [6.07, 6.45) is 8.04. The Kier molecular flexibility index (Phi) is 5.18. The van der Waals surface area contributed by atoms with Gasteiger partial charge >= 0.3 is 5.97 Å². The molecule has 0 bridgehead atoms. The highest BCUT2D eigenvalue weighted by Gasteiger charge is 2.33. The number of hydrogen-bond acceptors (Lipinski definition) is 4. The molecule has 0 spiro atoms. The van der Waals surface area contributed by atoms with E-state index in [2.05, 4.69) is 10.4 Å². The molecule has 1 amide bonds. The number of likely N-dealkylation sites (N-methyl/N-ethyl adjacent to an activating group) is 1. The monoisotopic (exact) mass is 334 g/mol. The third-order valence-electron chi connectivity index (χ3n) is 5.29. The molecule has 132 valence electrons. The second-order valence-corrected chi connectivity index (χ2v) is 7.01. The summed E-state index contributed by atoms with van der Waals surface area (Å²) >= 11 is 0. The molecule has 2 unspecified atom stereocenters. The number of amides is 1. The zero-order chi connectivity index (χ0) is 17.1. The van der Waals surface area contributed by atoms with E-state index in [0.29, 0.717) is 32.0 Å². The van der Waals surface area contributed by atoms with Crippen LogP contribution in [-0.4, -0.2) is 51.3 Å². The van der Waals surface area contributed by atoms with Crippen molar-refractivity contribution < 1.29 is 14.7 Å². The van der Waals surface area contributed by atoms with Crippen molar-refractivity contribution in [2.75, 3.05) is 13.6 Å². The molecule has 0 radical (unpaired) electrons. The van der Waals surface area contributed by atoms with E-state index >= 15 is 0 Å². The summed E-state index contributed by atoms with van der Waals surface area (Å²) in [5.74, 6) is -0.975. The zero-order valence-corrected chi connectivity index (χ0v) is 14.1. The van der Waals surface area contributed by atoms with E-state index in [-0.39, 0.29) is 11.8 Å². The van der Waals surface area contributed by atoms with E-state index in [4.69, 9.17) is 5.11 Å². The van der Waals surface area contributed by atoms with Crippen LogP contribution < -0.4 is 5.32 Å². The number of nitrogens with one attached hydrogen (secondary N) is 1. The van der Waals surface area contributed by atoms with Crippen LogP contribution in [0.2, 0.25) is 0 Å². The molecule has 7 heteroatoms. The van der Waals surface area contributed by atoms with Crippen molar-refractivity contribution in [3.63, 3.8) is 0 Å². The lowest BCUT2D eigenvalue weighted by atomic mass is 9.92. The summed E-state index contributed by atoms with van der Waals surface area (Å²) in [7, 11) is 1.77. The van der Waals surface area contributed by atoms with Crippen molar-refractivity contribution in [1.29, 1.82) is 0 Å². The number of aromatic nitrogens is 2. The van der Waals surface area contributed by atoms with Crippen LogP contribution in [0.25, 0.3) is 0 Å². The molecule has 1 aliphatic carbocycles. The third-order valence-corrected chi connectivity index (χ3v) is 5.29. The first-order valence-electron chi connectivity index (χ1n) is 8.79. The summed E-state index contributed by atoms with van der Waals surface area (Å²) in [5.41, 5.74) is 0.878. The molecule has 7 nitrogen and oxygen atoms in total. The van der Waals surface area contributed by atoms with E-state index in [9.17, 15) is 9.59 Å². The average molecular weight is 334 g/mol. The van der Waals surface area contributed by atoms with E-state index in [1.807, 2.05) is 16.9 Å². The van der Waals surface area contributed by atoms with Gasteiger partial charge in [0, 0.05) is 12.7 Å². The van der Waals surface area contributed by atoms with Crippen molar-refractivity contribution >= 4 is 11.9 Å². The predicted molar refractivity (Wildman–Crippen MR) is 88.4 cm³/mol. The van der Waals surface area contributed by atoms with E-state index in [1.165, 1.54) is 25.7 Å². The molecule has 2 N–H and O–H groups in total. The summed E-state index contributed by atoms with van der Waals surface area (Å²) in [5, 5.41) is 16.6. The minimum atomic E-state index is -0.811. The number of aliphatic carboxylic acids is 1. The van der Waals surface area contributed by atoms with Gasteiger partial charge in [0.2, 0.25) is 5.91 Å². The number of nitrogens with zero attached hydrogens (tertiary/aromatic N) is 3. The van der Waals surface area contributed by atoms with Crippen LogP contribution in [0.5, 0.6) is 0 Å². The number of carbonyl (C=O) groups excluding carboxylic acids is 1. The van der Waals surface area contributed by atoms with Crippen LogP contribution in [0, 0.1) is 5.92 Å². The first-order valence-corrected chi connectivity index (χ1v) is 8.79. The van der Waals surface area contributed by atoms with Gasteiger partial charge in [-0.05, 0) is 38.8 Å². The van der Waals surface area contributed by atoms with Crippen molar-refractivity contribution in [2.24, 2.45) is 5.92 Å². The molecule has 1 aromatic heterocycles. The van der Waals surface area contributed by atoms with Gasteiger partial charge in [0.15, 0.2) is 0 Å². The highest BCUT2D eigenvalue weighted by Crippen LogP contribution is 2.28. The lowest BCUT2D eigenvalue weighted by Crippen LogP contribution is -2.49. The van der Waals surface area contributed by atoms with Gasteiger partial charge < -0.3 is 10.4 Å². The lowest BCUT2D eigenvalue weighted by molar-refractivity contribution is -0.146. The number of carboxylic acids is 1. The lowest BCUT2D eigenvalue weighted by Gasteiger charge is -2.33. The van der Waals surface area contributed by atoms with Crippen molar-refractivity contribution in [2.45, 2.75) is 57.2 Å². The summed E-state index contributed by atoms with van der Waals surface area (Å²) in [4.78, 5) is 25.2. The Morgan fingerprint density at radius 3 is 2.71 bits per heavy atom. The molecular weight excluding hydrogens is 308 g/mol. The fraction of sp³-hybridized carbons (Fsp3) is 0.706. The van der Waals surface area contributed by atoms with Crippen LogP contribution in [0.1, 0.15) is 50.3 Å². The second-order valence-electron chi connectivity index (χ2n) is 7.01. The summed E-state index contributed by atoms with van der Waals surface area (Å²) < 4.78 is 2.03.